The van der Waals surface area contributed by atoms with Crippen molar-refractivity contribution in [2.75, 3.05) is 12.4 Å². The average molecular weight is 282 g/mol. The van der Waals surface area contributed by atoms with Gasteiger partial charge in [-0.05, 0) is 18.8 Å². The van der Waals surface area contributed by atoms with Crippen molar-refractivity contribution in [3.63, 3.8) is 0 Å². The van der Waals surface area contributed by atoms with Gasteiger partial charge in [0.1, 0.15) is 0 Å². The monoisotopic (exact) mass is 282 g/mol. The first-order valence-electron chi connectivity index (χ1n) is 6.83. The Hall–Kier alpha value is -1.85. The number of anilines is 1. The van der Waals surface area contributed by atoms with Crippen molar-refractivity contribution in [3.8, 4) is 5.75 Å². The van der Waals surface area contributed by atoms with Crippen molar-refractivity contribution in [2.45, 2.75) is 38.6 Å². The van der Waals surface area contributed by atoms with E-state index in [4.69, 9.17) is 4.74 Å². The van der Waals surface area contributed by atoms with Crippen molar-refractivity contribution in [2.24, 2.45) is 5.92 Å². The van der Waals surface area contributed by atoms with Crippen molar-refractivity contribution < 1.29 is 14.1 Å². The fourth-order valence-corrected chi connectivity index (χ4v) is 2.26. The van der Waals surface area contributed by atoms with Crippen LogP contribution in [0.2, 0.25) is 0 Å². The summed E-state index contributed by atoms with van der Waals surface area (Å²) in [5, 5.41) is 13.9. The standard InChI is InChI=1S/C14H19FN2O3/c1-3-10(6-9-4-5-9)16-12-8-14(20-2)13(17(18)19)7-11(12)15/h7-10,16H,3-6H2,1-2H3. The summed E-state index contributed by atoms with van der Waals surface area (Å²) in [7, 11) is 1.34. The van der Waals surface area contributed by atoms with E-state index in [1.165, 1.54) is 26.0 Å². The molecular formula is C14H19FN2O3. The van der Waals surface area contributed by atoms with Gasteiger partial charge in [0.05, 0.1) is 23.8 Å². The lowest BCUT2D eigenvalue weighted by Crippen LogP contribution is -2.20. The molecule has 1 aliphatic carbocycles. The van der Waals surface area contributed by atoms with Gasteiger partial charge in [0.2, 0.25) is 0 Å². The number of methoxy groups -OCH3 is 1. The van der Waals surface area contributed by atoms with E-state index < -0.39 is 10.7 Å². The minimum Gasteiger partial charge on any atom is -0.490 e. The molecule has 1 atom stereocenters. The second-order valence-electron chi connectivity index (χ2n) is 5.19. The first-order chi connectivity index (χ1) is 9.55. The minimum atomic E-state index is -0.646. The summed E-state index contributed by atoms with van der Waals surface area (Å²) in [6.45, 7) is 2.04. The van der Waals surface area contributed by atoms with Crippen LogP contribution < -0.4 is 10.1 Å². The molecule has 5 nitrogen and oxygen atoms in total. The van der Waals surface area contributed by atoms with E-state index in [9.17, 15) is 14.5 Å². The molecule has 1 fully saturated rings. The average Bonchev–Trinajstić information content (AvgIpc) is 3.23. The number of nitro groups is 1. The summed E-state index contributed by atoms with van der Waals surface area (Å²) in [6, 6.07) is 2.46. The molecule has 1 aromatic rings. The predicted molar refractivity (Wildman–Crippen MR) is 74.6 cm³/mol. The van der Waals surface area contributed by atoms with E-state index in [0.717, 1.165) is 24.8 Å². The van der Waals surface area contributed by atoms with Gasteiger partial charge < -0.3 is 10.1 Å². The van der Waals surface area contributed by atoms with Gasteiger partial charge in [0.15, 0.2) is 11.6 Å². The minimum absolute atomic E-state index is 0.0696. The van der Waals surface area contributed by atoms with Crippen LogP contribution in [0.1, 0.15) is 32.6 Å². The van der Waals surface area contributed by atoms with Crippen molar-refractivity contribution in [3.05, 3.63) is 28.1 Å². The van der Waals surface area contributed by atoms with Gasteiger partial charge in [-0.3, -0.25) is 10.1 Å². The van der Waals surface area contributed by atoms with Crippen molar-refractivity contribution >= 4 is 11.4 Å². The number of benzene rings is 1. The van der Waals surface area contributed by atoms with Gasteiger partial charge in [-0.2, -0.15) is 0 Å². The molecule has 1 saturated carbocycles. The number of rotatable bonds is 7. The maximum Gasteiger partial charge on any atom is 0.313 e. The molecule has 0 heterocycles. The van der Waals surface area contributed by atoms with Gasteiger partial charge in [-0.1, -0.05) is 19.8 Å². The smallest absolute Gasteiger partial charge is 0.313 e. The number of ether oxygens (including phenoxy) is 1. The highest BCUT2D eigenvalue weighted by Gasteiger charge is 2.26. The van der Waals surface area contributed by atoms with Crippen LogP contribution in [0.3, 0.4) is 0 Å². The third kappa shape index (κ3) is 3.37. The van der Waals surface area contributed by atoms with Crippen LogP contribution in [0.25, 0.3) is 0 Å². The van der Waals surface area contributed by atoms with Crippen LogP contribution in [0, 0.1) is 21.8 Å². The molecule has 0 amide bonds. The fourth-order valence-electron chi connectivity index (χ4n) is 2.26. The first-order valence-corrected chi connectivity index (χ1v) is 6.83. The third-order valence-electron chi connectivity index (χ3n) is 3.63. The molecular weight excluding hydrogens is 263 g/mol. The van der Waals surface area contributed by atoms with E-state index in [0.29, 0.717) is 0 Å². The topological polar surface area (TPSA) is 64.4 Å². The van der Waals surface area contributed by atoms with E-state index >= 15 is 0 Å². The van der Waals surface area contributed by atoms with Gasteiger partial charge in [-0.15, -0.1) is 0 Å². The normalized spacial score (nSPS) is 15.8. The number of nitro benzene ring substituents is 1. The van der Waals surface area contributed by atoms with Crippen LogP contribution >= 0.6 is 0 Å². The summed E-state index contributed by atoms with van der Waals surface area (Å²) in [6.07, 6.45) is 4.37. The number of nitrogens with one attached hydrogen (secondary N) is 1. The lowest BCUT2D eigenvalue weighted by atomic mass is 10.1. The molecule has 0 saturated heterocycles. The van der Waals surface area contributed by atoms with Gasteiger partial charge in [-0.25, -0.2) is 4.39 Å². The molecule has 20 heavy (non-hydrogen) atoms. The Morgan fingerprint density at radius 3 is 2.75 bits per heavy atom. The van der Waals surface area contributed by atoms with E-state index in [1.54, 1.807) is 0 Å². The van der Waals surface area contributed by atoms with Crippen LogP contribution in [-0.2, 0) is 0 Å². The summed E-state index contributed by atoms with van der Waals surface area (Å²) in [5.41, 5.74) is -0.0919. The highest BCUT2D eigenvalue weighted by molar-refractivity contribution is 5.59. The van der Waals surface area contributed by atoms with E-state index in [1.807, 2.05) is 6.92 Å². The molecule has 0 radical (unpaired) electrons. The van der Waals surface area contributed by atoms with Gasteiger partial charge in [0, 0.05) is 12.1 Å². The molecule has 1 aromatic carbocycles. The number of hydrogen-bond donors (Lipinski definition) is 1. The Bertz CT molecular complexity index is 503. The second-order valence-corrected chi connectivity index (χ2v) is 5.19. The molecule has 1 aliphatic rings. The largest absolute Gasteiger partial charge is 0.490 e. The summed E-state index contributed by atoms with van der Waals surface area (Å²) < 4.78 is 18.9. The zero-order valence-electron chi connectivity index (χ0n) is 11.7. The molecule has 0 bridgehead atoms. The van der Waals surface area contributed by atoms with Gasteiger partial charge >= 0.3 is 5.69 Å². The lowest BCUT2D eigenvalue weighted by Gasteiger charge is -2.19. The van der Waals surface area contributed by atoms with Crippen LogP contribution in [-0.4, -0.2) is 18.1 Å². The second kappa shape index (κ2) is 6.07. The Balaban J connectivity index is 2.19. The number of halogens is 1. The zero-order valence-corrected chi connectivity index (χ0v) is 11.7. The zero-order chi connectivity index (χ0) is 14.7. The summed E-state index contributed by atoms with van der Waals surface area (Å²) >= 11 is 0. The van der Waals surface area contributed by atoms with Crippen LogP contribution in [0.5, 0.6) is 5.75 Å². The molecule has 0 spiro atoms. The van der Waals surface area contributed by atoms with Gasteiger partial charge in [0.25, 0.3) is 0 Å². The molecule has 1 N–H and O–H groups in total. The maximum atomic E-state index is 14.0. The Kier molecular flexibility index (Phi) is 4.42. The Morgan fingerprint density at radius 1 is 1.55 bits per heavy atom. The highest BCUT2D eigenvalue weighted by Crippen LogP contribution is 2.36. The molecule has 2 rings (SSSR count). The van der Waals surface area contributed by atoms with Crippen molar-refractivity contribution in [1.29, 1.82) is 0 Å². The third-order valence-corrected chi connectivity index (χ3v) is 3.63. The fraction of sp³-hybridized carbons (Fsp3) is 0.571. The Labute approximate surface area is 117 Å². The number of hydrogen-bond acceptors (Lipinski definition) is 4. The van der Waals surface area contributed by atoms with E-state index in [-0.39, 0.29) is 23.2 Å². The SMILES string of the molecule is CCC(CC1CC1)Nc1cc(OC)c([N+](=O)[O-])cc1F. The Morgan fingerprint density at radius 2 is 2.25 bits per heavy atom. The molecule has 110 valence electrons. The maximum absolute atomic E-state index is 14.0. The molecule has 0 aromatic heterocycles. The lowest BCUT2D eigenvalue weighted by molar-refractivity contribution is -0.385. The van der Waals surface area contributed by atoms with E-state index in [2.05, 4.69) is 5.32 Å². The molecule has 6 heteroatoms. The molecule has 0 aliphatic heterocycles. The van der Waals surface area contributed by atoms with Crippen molar-refractivity contribution in [1.82, 2.24) is 0 Å². The summed E-state index contributed by atoms with van der Waals surface area (Å²) in [5.74, 6) is 0.183. The van der Waals surface area contributed by atoms with Crippen LogP contribution in [0.4, 0.5) is 15.8 Å². The summed E-state index contributed by atoms with van der Waals surface area (Å²) in [4.78, 5) is 10.2. The quantitative estimate of drug-likeness (QED) is 0.611. The van der Waals surface area contributed by atoms with Crippen LogP contribution in [0.15, 0.2) is 12.1 Å². The first kappa shape index (κ1) is 14.6. The predicted octanol–water partition coefficient (Wildman–Crippen LogP) is 3.73. The number of nitrogens with zero attached hydrogens (tertiary/aromatic N) is 1. The molecule has 1 unspecified atom stereocenters. The highest BCUT2D eigenvalue weighted by atomic mass is 19.1.